The second kappa shape index (κ2) is 8.35. The van der Waals surface area contributed by atoms with E-state index >= 15 is 0 Å². The minimum atomic E-state index is -0.567. The van der Waals surface area contributed by atoms with Gasteiger partial charge >= 0.3 is 5.97 Å². The van der Waals surface area contributed by atoms with Gasteiger partial charge in [-0.25, -0.2) is 9.78 Å². The molecule has 1 aromatic carbocycles. The van der Waals surface area contributed by atoms with Crippen LogP contribution in [0.3, 0.4) is 0 Å². The Morgan fingerprint density at radius 3 is 2.72 bits per heavy atom. The van der Waals surface area contributed by atoms with Crippen molar-refractivity contribution in [2.45, 2.75) is 52.0 Å². The number of amides is 1. The Kier molecular flexibility index (Phi) is 5.65. The van der Waals surface area contributed by atoms with E-state index in [4.69, 9.17) is 4.74 Å². The van der Waals surface area contributed by atoms with Crippen molar-refractivity contribution in [2.24, 2.45) is 5.92 Å². The number of carbonyl (C=O) groups is 2. The number of likely N-dealkylation sites (tertiary alicyclic amines) is 1. The van der Waals surface area contributed by atoms with Crippen molar-refractivity contribution in [3.8, 4) is 0 Å². The molecular weight excluding hydrogens is 370 g/mol. The maximum atomic E-state index is 12.8. The molecule has 0 unspecified atom stereocenters. The molecule has 0 radical (unpaired) electrons. The van der Waals surface area contributed by atoms with Crippen molar-refractivity contribution in [1.82, 2.24) is 14.5 Å². The first-order chi connectivity index (χ1) is 14.0. The molecule has 1 saturated heterocycles. The van der Waals surface area contributed by atoms with Crippen molar-refractivity contribution in [1.29, 1.82) is 0 Å². The van der Waals surface area contributed by atoms with Crippen LogP contribution in [0.25, 0.3) is 10.9 Å². The molecule has 0 bridgehead atoms. The van der Waals surface area contributed by atoms with Crippen molar-refractivity contribution in [2.75, 3.05) is 19.7 Å². The molecule has 7 heteroatoms. The third-order valence-corrected chi connectivity index (χ3v) is 6.02. The van der Waals surface area contributed by atoms with E-state index < -0.39 is 5.97 Å². The van der Waals surface area contributed by atoms with Crippen LogP contribution in [0.1, 0.15) is 55.2 Å². The SMILES string of the molecule is CC1CCN(C(=O)COC(=O)c2ccc3c(=O)n4c(nc3c2)CCCCC4)CC1. The van der Waals surface area contributed by atoms with Gasteiger partial charge in [-0.1, -0.05) is 13.3 Å². The Balaban J connectivity index is 1.48. The zero-order chi connectivity index (χ0) is 20.4. The lowest BCUT2D eigenvalue weighted by Crippen LogP contribution is -2.40. The standard InChI is InChI=1S/C22H27N3O4/c1-15-8-11-24(12-9-15)20(26)14-29-22(28)16-6-7-17-18(13-16)23-19-5-3-2-4-10-25(19)21(17)27/h6-7,13,15H,2-5,8-12,14H2,1H3. The number of aryl methyl sites for hydroxylation is 1. The molecule has 2 aliphatic heterocycles. The topological polar surface area (TPSA) is 81.5 Å². The Morgan fingerprint density at radius 1 is 1.14 bits per heavy atom. The van der Waals surface area contributed by atoms with Crippen LogP contribution < -0.4 is 5.56 Å². The van der Waals surface area contributed by atoms with Crippen molar-refractivity contribution >= 4 is 22.8 Å². The summed E-state index contributed by atoms with van der Waals surface area (Å²) in [7, 11) is 0. The fraction of sp³-hybridized carbons (Fsp3) is 0.545. The van der Waals surface area contributed by atoms with Gasteiger partial charge in [0.05, 0.1) is 16.5 Å². The molecule has 4 rings (SSSR count). The lowest BCUT2D eigenvalue weighted by atomic mass is 9.99. The Bertz CT molecular complexity index is 989. The molecule has 0 saturated carbocycles. The fourth-order valence-electron chi connectivity index (χ4n) is 4.11. The van der Waals surface area contributed by atoms with Crippen LogP contribution in [-0.4, -0.2) is 46.0 Å². The smallest absolute Gasteiger partial charge is 0.338 e. The van der Waals surface area contributed by atoms with E-state index in [1.54, 1.807) is 27.7 Å². The van der Waals surface area contributed by atoms with Gasteiger partial charge in [0.25, 0.3) is 11.5 Å². The normalized spacial score (nSPS) is 17.6. The van der Waals surface area contributed by atoms with Crippen LogP contribution >= 0.6 is 0 Å². The van der Waals surface area contributed by atoms with Crippen molar-refractivity contribution < 1.29 is 14.3 Å². The molecule has 0 spiro atoms. The third kappa shape index (κ3) is 4.18. The summed E-state index contributed by atoms with van der Waals surface area (Å²) in [6.07, 6.45) is 5.81. The first-order valence-corrected chi connectivity index (χ1v) is 10.5. The summed E-state index contributed by atoms with van der Waals surface area (Å²) in [5.74, 6) is 0.682. The number of benzene rings is 1. The van der Waals surface area contributed by atoms with Gasteiger partial charge in [0.1, 0.15) is 5.82 Å². The summed E-state index contributed by atoms with van der Waals surface area (Å²) in [5, 5.41) is 0.505. The third-order valence-electron chi connectivity index (χ3n) is 6.02. The summed E-state index contributed by atoms with van der Waals surface area (Å²) < 4.78 is 7.00. The highest BCUT2D eigenvalue weighted by Crippen LogP contribution is 2.18. The number of hydrogen-bond acceptors (Lipinski definition) is 5. The predicted octanol–water partition coefficient (Wildman–Crippen LogP) is 2.54. The Labute approximate surface area is 169 Å². The Morgan fingerprint density at radius 2 is 1.93 bits per heavy atom. The number of piperidine rings is 1. The molecule has 2 aliphatic rings. The minimum absolute atomic E-state index is 0.0543. The zero-order valence-corrected chi connectivity index (χ0v) is 16.9. The van der Waals surface area contributed by atoms with Crippen LogP contribution in [0.2, 0.25) is 0 Å². The molecule has 1 aromatic heterocycles. The Hall–Kier alpha value is -2.70. The average Bonchev–Trinajstić information content (AvgIpc) is 2.97. The molecule has 154 valence electrons. The molecule has 0 N–H and O–H groups in total. The van der Waals surface area contributed by atoms with Gasteiger partial charge in [-0.3, -0.25) is 14.2 Å². The second-order valence-corrected chi connectivity index (χ2v) is 8.17. The summed E-state index contributed by atoms with van der Waals surface area (Å²) in [5.41, 5.74) is 0.762. The molecular formula is C22H27N3O4. The molecule has 0 aliphatic carbocycles. The lowest BCUT2D eigenvalue weighted by molar-refractivity contribution is -0.135. The van der Waals surface area contributed by atoms with E-state index in [-0.39, 0.29) is 18.1 Å². The maximum absolute atomic E-state index is 12.8. The summed E-state index contributed by atoms with van der Waals surface area (Å²) >= 11 is 0. The minimum Gasteiger partial charge on any atom is -0.452 e. The van der Waals surface area contributed by atoms with E-state index in [1.807, 2.05) is 0 Å². The molecule has 7 nitrogen and oxygen atoms in total. The summed E-state index contributed by atoms with van der Waals surface area (Å²) in [6, 6.07) is 4.80. The predicted molar refractivity (Wildman–Crippen MR) is 109 cm³/mol. The zero-order valence-electron chi connectivity index (χ0n) is 16.9. The number of carbonyl (C=O) groups excluding carboxylic acids is 2. The number of ether oxygens (including phenoxy) is 1. The van der Waals surface area contributed by atoms with Crippen LogP contribution in [0.5, 0.6) is 0 Å². The second-order valence-electron chi connectivity index (χ2n) is 8.17. The molecule has 1 fully saturated rings. The number of fused-ring (bicyclic) bond motifs is 2. The largest absolute Gasteiger partial charge is 0.452 e. The quantitative estimate of drug-likeness (QED) is 0.744. The van der Waals surface area contributed by atoms with Gasteiger partial charge < -0.3 is 9.64 Å². The number of esters is 1. The van der Waals surface area contributed by atoms with E-state index in [1.165, 1.54) is 0 Å². The van der Waals surface area contributed by atoms with E-state index in [9.17, 15) is 14.4 Å². The number of nitrogens with zero attached hydrogens (tertiary/aromatic N) is 3. The van der Waals surface area contributed by atoms with Crippen LogP contribution in [0, 0.1) is 5.92 Å². The summed E-state index contributed by atoms with van der Waals surface area (Å²) in [4.78, 5) is 43.9. The van der Waals surface area contributed by atoms with Gasteiger partial charge in [-0.05, 0) is 49.8 Å². The van der Waals surface area contributed by atoms with Gasteiger partial charge in [-0.15, -0.1) is 0 Å². The average molecular weight is 397 g/mol. The highest BCUT2D eigenvalue weighted by Gasteiger charge is 2.22. The first-order valence-electron chi connectivity index (χ1n) is 10.5. The molecule has 29 heavy (non-hydrogen) atoms. The summed E-state index contributed by atoms with van der Waals surface area (Å²) in [6.45, 7) is 4.04. The van der Waals surface area contributed by atoms with Gasteiger partial charge in [-0.2, -0.15) is 0 Å². The highest BCUT2D eigenvalue weighted by atomic mass is 16.5. The van der Waals surface area contributed by atoms with Crippen molar-refractivity contribution in [3.63, 3.8) is 0 Å². The van der Waals surface area contributed by atoms with E-state index in [2.05, 4.69) is 11.9 Å². The lowest BCUT2D eigenvalue weighted by Gasteiger charge is -2.30. The highest BCUT2D eigenvalue weighted by molar-refractivity contribution is 5.95. The van der Waals surface area contributed by atoms with Gasteiger partial charge in [0.15, 0.2) is 6.61 Å². The first kappa shape index (κ1) is 19.6. The van der Waals surface area contributed by atoms with E-state index in [0.29, 0.717) is 42.0 Å². The van der Waals surface area contributed by atoms with Crippen LogP contribution in [0.4, 0.5) is 0 Å². The number of aromatic nitrogens is 2. The van der Waals surface area contributed by atoms with E-state index in [0.717, 1.165) is 44.3 Å². The van der Waals surface area contributed by atoms with Crippen LogP contribution in [-0.2, 0) is 22.5 Å². The molecule has 1 amide bonds. The number of hydrogen-bond donors (Lipinski definition) is 0. The van der Waals surface area contributed by atoms with Crippen molar-refractivity contribution in [3.05, 3.63) is 39.9 Å². The van der Waals surface area contributed by atoms with Gasteiger partial charge in [0, 0.05) is 26.1 Å². The van der Waals surface area contributed by atoms with Gasteiger partial charge in [0.2, 0.25) is 0 Å². The number of rotatable bonds is 3. The molecule has 0 atom stereocenters. The molecule has 3 heterocycles. The fourth-order valence-corrected chi connectivity index (χ4v) is 4.11. The van der Waals surface area contributed by atoms with Crippen LogP contribution in [0.15, 0.2) is 23.0 Å². The maximum Gasteiger partial charge on any atom is 0.338 e. The monoisotopic (exact) mass is 397 g/mol. The molecule has 2 aromatic rings.